The van der Waals surface area contributed by atoms with Crippen LogP contribution in [0.3, 0.4) is 0 Å². The Kier molecular flexibility index (Phi) is 4.27. The number of nitrogens with zero attached hydrogens (tertiary/aromatic N) is 5. The summed E-state index contributed by atoms with van der Waals surface area (Å²) >= 11 is 1.58. The number of imidazole rings is 1. The van der Waals surface area contributed by atoms with E-state index in [1.807, 2.05) is 46.0 Å². The standard InChI is InChI=1S/C17H18N6OS/c1-25-17-18-8-10-22(17)13-6-4-12(5-7-13)16(24)21-14-3-2-9-23-15(14)19-11-20-23/h4-8,10-11,14H,2-3,9H2,1H3,(H,21,24). The number of hydrogen-bond acceptors (Lipinski definition) is 5. The van der Waals surface area contributed by atoms with E-state index in [2.05, 4.69) is 20.4 Å². The molecule has 1 amide bonds. The molecule has 0 bridgehead atoms. The minimum absolute atomic E-state index is 0.0832. The van der Waals surface area contributed by atoms with E-state index in [1.54, 1.807) is 24.3 Å². The molecule has 25 heavy (non-hydrogen) atoms. The first kappa shape index (κ1) is 15.9. The van der Waals surface area contributed by atoms with Gasteiger partial charge in [0, 0.05) is 30.2 Å². The zero-order valence-corrected chi connectivity index (χ0v) is 14.6. The van der Waals surface area contributed by atoms with Gasteiger partial charge in [0.1, 0.15) is 12.2 Å². The van der Waals surface area contributed by atoms with E-state index in [-0.39, 0.29) is 11.9 Å². The lowest BCUT2D eigenvalue weighted by Crippen LogP contribution is -2.33. The molecule has 2 aromatic heterocycles. The molecular formula is C17H18N6OS. The lowest BCUT2D eigenvalue weighted by molar-refractivity contribution is 0.0927. The van der Waals surface area contributed by atoms with Crippen molar-refractivity contribution in [3.8, 4) is 5.69 Å². The molecule has 0 fully saturated rings. The number of benzene rings is 1. The fourth-order valence-electron chi connectivity index (χ4n) is 3.08. The summed E-state index contributed by atoms with van der Waals surface area (Å²) in [6.45, 7) is 0.860. The third-order valence-electron chi connectivity index (χ3n) is 4.32. The van der Waals surface area contributed by atoms with Gasteiger partial charge in [0.2, 0.25) is 0 Å². The summed E-state index contributed by atoms with van der Waals surface area (Å²) in [4.78, 5) is 21.1. The second kappa shape index (κ2) is 6.72. The van der Waals surface area contributed by atoms with E-state index in [1.165, 1.54) is 0 Å². The van der Waals surface area contributed by atoms with E-state index >= 15 is 0 Å². The molecule has 1 atom stereocenters. The maximum Gasteiger partial charge on any atom is 0.251 e. The number of carbonyl (C=O) groups excluding carboxylic acids is 1. The Bertz CT molecular complexity index is 885. The number of aryl methyl sites for hydroxylation is 1. The van der Waals surface area contributed by atoms with Crippen molar-refractivity contribution in [2.24, 2.45) is 0 Å². The van der Waals surface area contributed by atoms with Gasteiger partial charge in [-0.05, 0) is 43.4 Å². The monoisotopic (exact) mass is 354 g/mol. The zero-order valence-electron chi connectivity index (χ0n) is 13.8. The maximum atomic E-state index is 12.6. The van der Waals surface area contributed by atoms with Crippen LogP contribution in [-0.4, -0.2) is 36.5 Å². The molecular weight excluding hydrogens is 336 g/mol. The molecule has 0 saturated heterocycles. The van der Waals surface area contributed by atoms with Crippen LogP contribution in [0.2, 0.25) is 0 Å². The van der Waals surface area contributed by atoms with Gasteiger partial charge in [-0.25, -0.2) is 14.6 Å². The van der Waals surface area contributed by atoms with Crippen LogP contribution in [0.25, 0.3) is 5.69 Å². The lowest BCUT2D eigenvalue weighted by Gasteiger charge is -2.23. The van der Waals surface area contributed by atoms with Gasteiger partial charge in [0.05, 0.1) is 6.04 Å². The molecule has 0 saturated carbocycles. The van der Waals surface area contributed by atoms with Crippen molar-refractivity contribution in [2.45, 2.75) is 30.6 Å². The highest BCUT2D eigenvalue weighted by Crippen LogP contribution is 2.23. The summed E-state index contributed by atoms with van der Waals surface area (Å²) < 4.78 is 3.86. The SMILES string of the molecule is CSc1nccn1-c1ccc(C(=O)NC2CCCn3ncnc32)cc1. The normalized spacial score (nSPS) is 16.4. The number of amides is 1. The van der Waals surface area contributed by atoms with Crippen LogP contribution in [0.1, 0.15) is 35.1 Å². The highest BCUT2D eigenvalue weighted by Gasteiger charge is 2.24. The second-order valence-electron chi connectivity index (χ2n) is 5.84. The van der Waals surface area contributed by atoms with Gasteiger partial charge in [-0.3, -0.25) is 9.36 Å². The smallest absolute Gasteiger partial charge is 0.251 e. The maximum absolute atomic E-state index is 12.6. The Balaban J connectivity index is 1.50. The number of thioether (sulfide) groups is 1. The fraction of sp³-hybridized carbons (Fsp3) is 0.294. The Hall–Kier alpha value is -2.61. The molecule has 0 radical (unpaired) electrons. The van der Waals surface area contributed by atoms with Crippen LogP contribution < -0.4 is 5.32 Å². The first-order chi connectivity index (χ1) is 12.3. The topological polar surface area (TPSA) is 77.6 Å². The van der Waals surface area contributed by atoms with Crippen molar-refractivity contribution in [1.82, 2.24) is 29.6 Å². The molecule has 3 aromatic rings. The Morgan fingerprint density at radius 3 is 2.92 bits per heavy atom. The van der Waals surface area contributed by atoms with Gasteiger partial charge in [-0.2, -0.15) is 5.10 Å². The molecule has 0 spiro atoms. The summed E-state index contributed by atoms with van der Waals surface area (Å²) in [6, 6.07) is 7.45. The van der Waals surface area contributed by atoms with E-state index in [0.717, 1.165) is 36.1 Å². The van der Waals surface area contributed by atoms with Crippen LogP contribution in [0.15, 0.2) is 48.1 Å². The van der Waals surface area contributed by atoms with Crippen LogP contribution in [0, 0.1) is 0 Å². The van der Waals surface area contributed by atoms with E-state index in [9.17, 15) is 4.79 Å². The third kappa shape index (κ3) is 3.05. The van der Waals surface area contributed by atoms with Gasteiger partial charge in [-0.1, -0.05) is 11.8 Å². The van der Waals surface area contributed by atoms with Gasteiger partial charge in [0.25, 0.3) is 5.91 Å². The lowest BCUT2D eigenvalue weighted by atomic mass is 10.1. The van der Waals surface area contributed by atoms with E-state index < -0.39 is 0 Å². The summed E-state index contributed by atoms with van der Waals surface area (Å²) in [6.07, 6.45) is 9.08. The zero-order chi connectivity index (χ0) is 17.2. The van der Waals surface area contributed by atoms with E-state index in [0.29, 0.717) is 5.56 Å². The average Bonchev–Trinajstić information content (AvgIpc) is 3.31. The van der Waals surface area contributed by atoms with Crippen LogP contribution in [0.5, 0.6) is 0 Å². The predicted octanol–water partition coefficient (Wildman–Crippen LogP) is 2.45. The Labute approximate surface area is 149 Å². The predicted molar refractivity (Wildman–Crippen MR) is 94.8 cm³/mol. The summed E-state index contributed by atoms with van der Waals surface area (Å²) in [7, 11) is 0. The first-order valence-corrected chi connectivity index (χ1v) is 9.35. The van der Waals surface area contributed by atoms with Crippen molar-refractivity contribution in [3.63, 3.8) is 0 Å². The molecule has 4 rings (SSSR count). The van der Waals surface area contributed by atoms with Crippen molar-refractivity contribution < 1.29 is 4.79 Å². The van der Waals surface area contributed by atoms with Crippen LogP contribution in [-0.2, 0) is 6.54 Å². The highest BCUT2D eigenvalue weighted by atomic mass is 32.2. The van der Waals surface area contributed by atoms with Gasteiger partial charge >= 0.3 is 0 Å². The summed E-state index contributed by atoms with van der Waals surface area (Å²) in [5.74, 6) is 0.739. The number of hydrogen-bond donors (Lipinski definition) is 1. The molecule has 7 nitrogen and oxygen atoms in total. The van der Waals surface area contributed by atoms with Crippen LogP contribution >= 0.6 is 11.8 Å². The molecule has 0 aliphatic carbocycles. The number of carbonyl (C=O) groups is 1. The summed E-state index contributed by atoms with van der Waals surface area (Å²) in [5, 5.41) is 8.17. The average molecular weight is 354 g/mol. The van der Waals surface area contributed by atoms with Crippen molar-refractivity contribution >= 4 is 17.7 Å². The molecule has 1 aromatic carbocycles. The number of fused-ring (bicyclic) bond motifs is 1. The fourth-order valence-corrected chi connectivity index (χ4v) is 3.61. The number of aromatic nitrogens is 5. The molecule has 3 heterocycles. The first-order valence-electron chi connectivity index (χ1n) is 8.12. The molecule has 1 aliphatic heterocycles. The third-order valence-corrected chi connectivity index (χ3v) is 4.99. The Morgan fingerprint density at radius 2 is 2.12 bits per heavy atom. The van der Waals surface area contributed by atoms with E-state index in [4.69, 9.17) is 0 Å². The molecule has 1 unspecified atom stereocenters. The number of nitrogens with one attached hydrogen (secondary N) is 1. The minimum Gasteiger partial charge on any atom is -0.342 e. The molecule has 8 heteroatoms. The van der Waals surface area contributed by atoms with Gasteiger partial charge in [0.15, 0.2) is 5.16 Å². The molecule has 128 valence electrons. The largest absolute Gasteiger partial charge is 0.342 e. The molecule has 1 aliphatic rings. The Morgan fingerprint density at radius 1 is 1.28 bits per heavy atom. The minimum atomic E-state index is -0.0938. The van der Waals surface area contributed by atoms with Gasteiger partial charge in [-0.15, -0.1) is 0 Å². The van der Waals surface area contributed by atoms with Crippen molar-refractivity contribution in [1.29, 1.82) is 0 Å². The quantitative estimate of drug-likeness (QED) is 0.728. The van der Waals surface area contributed by atoms with Crippen LogP contribution in [0.4, 0.5) is 0 Å². The van der Waals surface area contributed by atoms with Crippen molar-refractivity contribution in [3.05, 3.63) is 54.4 Å². The summed E-state index contributed by atoms with van der Waals surface area (Å²) in [5.41, 5.74) is 1.61. The molecule has 1 N–H and O–H groups in total. The highest BCUT2D eigenvalue weighted by molar-refractivity contribution is 7.98. The van der Waals surface area contributed by atoms with Crippen molar-refractivity contribution in [2.75, 3.05) is 6.26 Å². The van der Waals surface area contributed by atoms with Gasteiger partial charge < -0.3 is 5.32 Å². The number of rotatable bonds is 4. The second-order valence-corrected chi connectivity index (χ2v) is 6.61.